The van der Waals surface area contributed by atoms with Gasteiger partial charge in [0.25, 0.3) is 11.8 Å². The number of oxime groups is 1. The average molecular weight is 539 g/mol. The fourth-order valence-electron chi connectivity index (χ4n) is 3.36. The molecule has 1 aromatic heterocycles. The highest BCUT2D eigenvalue weighted by atomic mass is 35.5. The minimum atomic E-state index is -1.70. The molecular formula is C18H17B2ClN4O8S2. The zero-order chi connectivity index (χ0) is 25.9. The van der Waals surface area contributed by atoms with Crippen molar-refractivity contribution in [2.24, 2.45) is 5.16 Å². The summed E-state index contributed by atoms with van der Waals surface area (Å²) in [4.78, 5) is 60.1. The van der Waals surface area contributed by atoms with Crippen molar-refractivity contribution in [3.05, 3.63) is 27.4 Å². The van der Waals surface area contributed by atoms with E-state index >= 15 is 0 Å². The molecule has 0 aromatic carbocycles. The molecule has 2 aliphatic rings. The van der Waals surface area contributed by atoms with Crippen LogP contribution in [0.1, 0.15) is 24.0 Å². The SMILES string of the molecule is [B]OC(=O)C1=C(CCl)CS(=O)[C@@H]2[C@H](NC(=O)/C(=N\O[C@H](CC)C(=O)O[B])c3csc(C)n3)C(=O)N12. The van der Waals surface area contributed by atoms with Crippen LogP contribution in [-0.4, -0.2) is 88.8 Å². The van der Waals surface area contributed by atoms with Gasteiger partial charge in [-0.2, -0.15) is 0 Å². The van der Waals surface area contributed by atoms with Gasteiger partial charge in [0.1, 0.15) is 22.8 Å². The van der Waals surface area contributed by atoms with Crippen LogP contribution >= 0.6 is 22.9 Å². The van der Waals surface area contributed by atoms with Gasteiger partial charge in [-0.15, -0.1) is 22.9 Å². The van der Waals surface area contributed by atoms with Gasteiger partial charge in [-0.05, 0) is 18.9 Å². The Bertz CT molecular complexity index is 1140. The topological polar surface area (TPSA) is 154 Å². The quantitative estimate of drug-likeness (QED) is 0.139. The van der Waals surface area contributed by atoms with Crippen LogP contribution in [0.3, 0.4) is 0 Å². The van der Waals surface area contributed by atoms with Crippen molar-refractivity contribution in [2.45, 2.75) is 37.8 Å². The number of halogens is 1. The van der Waals surface area contributed by atoms with Crippen molar-refractivity contribution >= 4 is 79.3 Å². The summed E-state index contributed by atoms with van der Waals surface area (Å²) in [5.74, 6) is -3.85. The number of thiazole rings is 1. The fraction of sp³-hybridized carbons (Fsp3) is 0.444. The van der Waals surface area contributed by atoms with Crippen molar-refractivity contribution < 1.29 is 37.5 Å². The van der Waals surface area contributed by atoms with E-state index < -0.39 is 52.1 Å². The van der Waals surface area contributed by atoms with E-state index in [2.05, 4.69) is 24.8 Å². The Balaban J connectivity index is 1.87. The maximum Gasteiger partial charge on any atom is 0.378 e. The highest BCUT2D eigenvalue weighted by molar-refractivity contribution is 7.86. The Labute approximate surface area is 213 Å². The number of carbonyl (C=O) groups excluding carboxylic acids is 4. The van der Waals surface area contributed by atoms with Crippen molar-refractivity contribution in [2.75, 3.05) is 11.6 Å². The van der Waals surface area contributed by atoms with Gasteiger partial charge in [-0.25, -0.2) is 14.6 Å². The highest BCUT2D eigenvalue weighted by Crippen LogP contribution is 2.35. The Morgan fingerprint density at radius 3 is 2.66 bits per heavy atom. The molecule has 3 rings (SSSR count). The summed E-state index contributed by atoms with van der Waals surface area (Å²) in [6.07, 6.45) is -1.06. The molecule has 1 N–H and O–H groups in total. The lowest BCUT2D eigenvalue weighted by Crippen LogP contribution is -2.74. The third-order valence-electron chi connectivity index (χ3n) is 5.05. The molecule has 1 saturated heterocycles. The summed E-state index contributed by atoms with van der Waals surface area (Å²) < 4.78 is 21.2. The molecule has 35 heavy (non-hydrogen) atoms. The smallest absolute Gasteiger partial charge is 0.378 e. The Hall–Kier alpha value is -2.71. The number of hydrogen-bond acceptors (Lipinski definition) is 11. The molecular weight excluding hydrogens is 521 g/mol. The van der Waals surface area contributed by atoms with E-state index in [9.17, 15) is 23.4 Å². The van der Waals surface area contributed by atoms with Crippen molar-refractivity contribution in [3.63, 3.8) is 0 Å². The van der Waals surface area contributed by atoms with Crippen LogP contribution in [0.15, 0.2) is 21.8 Å². The van der Waals surface area contributed by atoms with E-state index in [-0.39, 0.29) is 40.7 Å². The predicted molar refractivity (Wildman–Crippen MR) is 126 cm³/mol. The molecule has 182 valence electrons. The molecule has 1 fully saturated rings. The Morgan fingerprint density at radius 2 is 2.11 bits per heavy atom. The second-order valence-electron chi connectivity index (χ2n) is 7.20. The van der Waals surface area contributed by atoms with Crippen molar-refractivity contribution in [3.8, 4) is 0 Å². The molecule has 0 saturated carbocycles. The van der Waals surface area contributed by atoms with Crippen LogP contribution in [0, 0.1) is 6.92 Å². The predicted octanol–water partition coefficient (Wildman–Crippen LogP) is -0.887. The van der Waals surface area contributed by atoms with Gasteiger partial charge in [0.15, 0.2) is 5.71 Å². The summed E-state index contributed by atoms with van der Waals surface area (Å²) >= 11 is 7.06. The number of nitrogens with one attached hydrogen (secondary N) is 1. The number of β-lactam (4-membered cyclic amide) rings is 1. The van der Waals surface area contributed by atoms with Crippen molar-refractivity contribution in [1.29, 1.82) is 0 Å². The van der Waals surface area contributed by atoms with E-state index in [1.165, 1.54) is 16.7 Å². The Morgan fingerprint density at radius 1 is 1.40 bits per heavy atom. The zero-order valence-electron chi connectivity index (χ0n) is 18.4. The first-order valence-corrected chi connectivity index (χ1v) is 12.7. The molecule has 2 amide bonds. The molecule has 4 radical (unpaired) electrons. The maximum absolute atomic E-state index is 13.1. The number of rotatable bonds is 9. The number of carbonyl (C=O) groups is 4. The number of aryl methyl sites for hydroxylation is 1. The lowest BCUT2D eigenvalue weighted by Gasteiger charge is -2.49. The Kier molecular flexibility index (Phi) is 8.72. The van der Waals surface area contributed by atoms with Gasteiger partial charge in [0.05, 0.1) is 21.6 Å². The number of nitrogens with zero attached hydrogens (tertiary/aromatic N) is 3. The van der Waals surface area contributed by atoms with E-state index in [1.807, 2.05) is 0 Å². The van der Waals surface area contributed by atoms with Gasteiger partial charge in [0, 0.05) is 11.3 Å². The molecule has 0 spiro atoms. The minimum absolute atomic E-state index is 0.117. The van der Waals surface area contributed by atoms with Crippen LogP contribution < -0.4 is 5.32 Å². The summed E-state index contributed by atoms with van der Waals surface area (Å²) in [5, 5.41) is 7.28. The van der Waals surface area contributed by atoms with Crippen LogP contribution in [0.5, 0.6) is 0 Å². The normalized spacial score (nSPS) is 22.6. The second kappa shape index (κ2) is 11.4. The number of fused-ring (bicyclic) bond motifs is 1. The summed E-state index contributed by atoms with van der Waals surface area (Å²) in [6, 6.07) is -1.26. The van der Waals surface area contributed by atoms with E-state index in [1.54, 1.807) is 13.8 Å². The zero-order valence-corrected chi connectivity index (χ0v) is 20.8. The number of aromatic nitrogens is 1. The molecule has 0 bridgehead atoms. The van der Waals surface area contributed by atoms with E-state index in [0.29, 0.717) is 5.01 Å². The van der Waals surface area contributed by atoms with Gasteiger partial charge in [0.2, 0.25) is 6.10 Å². The third-order valence-corrected chi connectivity index (χ3v) is 7.80. The summed E-state index contributed by atoms with van der Waals surface area (Å²) in [5.41, 5.74) is -0.211. The average Bonchev–Trinajstić information content (AvgIpc) is 3.28. The third kappa shape index (κ3) is 5.28. The molecule has 12 nitrogen and oxygen atoms in total. The van der Waals surface area contributed by atoms with Crippen LogP contribution in [0.4, 0.5) is 0 Å². The monoisotopic (exact) mass is 538 g/mol. The number of amides is 2. The first kappa shape index (κ1) is 26.9. The molecule has 2 aliphatic heterocycles. The standard InChI is InChI=1S/C18H17B2ClN4O8S2/c1-3-10(17(28)31-19)33-24-11(9-5-34-7(2)22-9)14(26)23-12-15(27)25-13(18(29)32-20)8(4-21)6-35(30)16(12)25/h5,10,12,16H,3-4,6H2,1-2H3,(H,23,26)/b24-11-/t10-,12-,16-,35?/m1/s1. The van der Waals surface area contributed by atoms with Crippen LogP contribution in [-0.2, 0) is 44.1 Å². The summed E-state index contributed by atoms with van der Waals surface area (Å²) in [7, 11) is 8.15. The van der Waals surface area contributed by atoms with Crippen molar-refractivity contribution in [1.82, 2.24) is 15.2 Å². The molecule has 1 unspecified atom stereocenters. The highest BCUT2D eigenvalue weighted by Gasteiger charge is 2.57. The number of alkyl halides is 1. The molecule has 1 aromatic rings. The number of hydrogen-bond donors (Lipinski definition) is 1. The lowest BCUT2D eigenvalue weighted by molar-refractivity contribution is -0.149. The van der Waals surface area contributed by atoms with Gasteiger partial charge < -0.3 is 19.5 Å². The molecule has 3 heterocycles. The first-order valence-electron chi connectivity index (χ1n) is 9.95. The van der Waals surface area contributed by atoms with Gasteiger partial charge in [-0.3, -0.25) is 18.7 Å². The summed E-state index contributed by atoms with van der Waals surface area (Å²) in [6.45, 7) is 3.30. The minimum Gasteiger partial charge on any atom is -0.541 e. The second-order valence-corrected chi connectivity index (χ2v) is 10.1. The van der Waals surface area contributed by atoms with E-state index in [0.717, 1.165) is 4.90 Å². The molecule has 0 aliphatic carbocycles. The molecule has 17 heteroatoms. The lowest BCUT2D eigenvalue weighted by atomic mass is 10.0. The van der Waals surface area contributed by atoms with E-state index in [4.69, 9.17) is 32.5 Å². The van der Waals surface area contributed by atoms with Gasteiger partial charge in [-0.1, -0.05) is 12.1 Å². The first-order chi connectivity index (χ1) is 16.7. The molecule has 4 atom stereocenters. The van der Waals surface area contributed by atoms with Gasteiger partial charge >= 0.3 is 28.0 Å². The fourth-order valence-corrected chi connectivity index (χ4v) is 5.98. The largest absolute Gasteiger partial charge is 0.541 e. The van der Waals surface area contributed by atoms with Crippen LogP contribution in [0.2, 0.25) is 0 Å². The van der Waals surface area contributed by atoms with Crippen LogP contribution in [0.25, 0.3) is 0 Å². The maximum atomic E-state index is 13.1.